The number of esters is 1. The molecule has 6 nitrogen and oxygen atoms in total. The fourth-order valence-corrected chi connectivity index (χ4v) is 3.95. The maximum atomic E-state index is 13.8. The van der Waals surface area contributed by atoms with Crippen LogP contribution in [0.1, 0.15) is 24.9 Å². The third-order valence-corrected chi connectivity index (χ3v) is 5.07. The van der Waals surface area contributed by atoms with Gasteiger partial charge < -0.3 is 9.47 Å². The second-order valence-electron chi connectivity index (χ2n) is 5.84. The molecule has 0 saturated carbocycles. The fourth-order valence-electron chi connectivity index (χ4n) is 2.94. The summed E-state index contributed by atoms with van der Waals surface area (Å²) in [6, 6.07) is 5.14. The van der Waals surface area contributed by atoms with E-state index in [1.807, 2.05) is 0 Å². The highest BCUT2D eigenvalue weighted by Gasteiger charge is 2.41. The predicted octanol–water partition coefficient (Wildman–Crippen LogP) is 2.67. The lowest BCUT2D eigenvalue weighted by atomic mass is 9.94. The van der Waals surface area contributed by atoms with Gasteiger partial charge in [0, 0.05) is 19.3 Å². The Bertz CT molecular complexity index is 793. The van der Waals surface area contributed by atoms with Crippen LogP contribution in [0.2, 0.25) is 0 Å². The van der Waals surface area contributed by atoms with E-state index in [1.165, 1.54) is 35.9 Å². The molecule has 0 aromatic heterocycles. The van der Waals surface area contributed by atoms with E-state index in [9.17, 15) is 14.0 Å². The summed E-state index contributed by atoms with van der Waals surface area (Å²) in [7, 11) is 1.51. The van der Waals surface area contributed by atoms with E-state index in [-0.39, 0.29) is 24.7 Å². The van der Waals surface area contributed by atoms with E-state index < -0.39 is 17.8 Å². The standard InChI is InChI=1S/C18H19FN2O4S/c1-11-15(17(23)25-8-7-24-2)16(12-4-3-5-13(19)10-12)21-14(22)6-9-26-18(21)20-11/h3-5,10,16H,6-9H2,1-2H3/t16-/m1/s1. The van der Waals surface area contributed by atoms with Crippen LogP contribution in [-0.2, 0) is 19.1 Å². The zero-order valence-corrected chi connectivity index (χ0v) is 15.3. The van der Waals surface area contributed by atoms with E-state index in [1.54, 1.807) is 19.1 Å². The molecule has 2 aliphatic heterocycles. The summed E-state index contributed by atoms with van der Waals surface area (Å²) >= 11 is 1.45. The molecule has 1 fully saturated rings. The zero-order chi connectivity index (χ0) is 18.7. The van der Waals surface area contributed by atoms with Crippen molar-refractivity contribution >= 4 is 28.8 Å². The molecule has 0 radical (unpaired) electrons. The van der Waals surface area contributed by atoms with Gasteiger partial charge in [-0.25, -0.2) is 14.2 Å². The lowest BCUT2D eigenvalue weighted by Crippen LogP contribution is -2.45. The second-order valence-corrected chi connectivity index (χ2v) is 6.90. The highest BCUT2D eigenvalue weighted by Crippen LogP contribution is 2.40. The number of carbonyl (C=O) groups is 2. The van der Waals surface area contributed by atoms with Crippen molar-refractivity contribution in [3.8, 4) is 0 Å². The number of methoxy groups -OCH3 is 1. The van der Waals surface area contributed by atoms with Crippen LogP contribution >= 0.6 is 11.8 Å². The van der Waals surface area contributed by atoms with Gasteiger partial charge in [0.1, 0.15) is 12.4 Å². The molecule has 0 N–H and O–H groups in total. The number of nitrogens with zero attached hydrogens (tertiary/aromatic N) is 2. The number of benzene rings is 1. The Morgan fingerprint density at radius 1 is 1.42 bits per heavy atom. The molecule has 1 atom stereocenters. The topological polar surface area (TPSA) is 68.2 Å². The Labute approximate surface area is 155 Å². The lowest BCUT2D eigenvalue weighted by molar-refractivity contribution is -0.141. The van der Waals surface area contributed by atoms with Crippen LogP contribution in [0, 0.1) is 5.82 Å². The van der Waals surface area contributed by atoms with E-state index in [4.69, 9.17) is 9.47 Å². The van der Waals surface area contributed by atoms with Gasteiger partial charge in [0.15, 0.2) is 5.17 Å². The van der Waals surface area contributed by atoms with Crippen LogP contribution in [-0.4, -0.2) is 48.0 Å². The molecule has 2 aliphatic rings. The third-order valence-electron chi connectivity index (χ3n) is 4.11. The smallest absolute Gasteiger partial charge is 0.338 e. The average Bonchev–Trinajstić information content (AvgIpc) is 2.61. The summed E-state index contributed by atoms with van der Waals surface area (Å²) < 4.78 is 24.0. The number of fused-ring (bicyclic) bond motifs is 1. The Kier molecular flexibility index (Phi) is 5.73. The predicted molar refractivity (Wildman–Crippen MR) is 96.0 cm³/mol. The van der Waals surface area contributed by atoms with Crippen LogP contribution in [0.5, 0.6) is 0 Å². The van der Waals surface area contributed by atoms with Crippen molar-refractivity contribution in [1.29, 1.82) is 0 Å². The number of hydrogen-bond acceptors (Lipinski definition) is 6. The van der Waals surface area contributed by atoms with Gasteiger partial charge >= 0.3 is 5.97 Å². The quantitative estimate of drug-likeness (QED) is 0.582. The van der Waals surface area contributed by atoms with Crippen molar-refractivity contribution in [2.45, 2.75) is 19.4 Å². The third kappa shape index (κ3) is 3.66. The number of halogens is 1. The van der Waals surface area contributed by atoms with Crippen LogP contribution in [0.4, 0.5) is 4.39 Å². The summed E-state index contributed by atoms with van der Waals surface area (Å²) in [5, 5.41) is 0.529. The van der Waals surface area contributed by atoms with Crippen molar-refractivity contribution in [1.82, 2.24) is 4.90 Å². The summed E-state index contributed by atoms with van der Waals surface area (Å²) in [6.45, 7) is 2.04. The number of carbonyl (C=O) groups excluding carboxylic acids is 2. The molecule has 138 valence electrons. The summed E-state index contributed by atoms with van der Waals surface area (Å²) in [5.74, 6) is -0.537. The monoisotopic (exact) mass is 378 g/mol. The van der Waals surface area contributed by atoms with Gasteiger partial charge in [0.2, 0.25) is 5.91 Å². The Hall–Kier alpha value is -2.19. The maximum absolute atomic E-state index is 13.8. The van der Waals surface area contributed by atoms with Gasteiger partial charge in [-0.3, -0.25) is 9.69 Å². The van der Waals surface area contributed by atoms with Crippen molar-refractivity contribution < 1.29 is 23.5 Å². The Morgan fingerprint density at radius 3 is 2.96 bits per heavy atom. The molecular weight excluding hydrogens is 359 g/mol. The van der Waals surface area contributed by atoms with E-state index in [0.29, 0.717) is 28.6 Å². The van der Waals surface area contributed by atoms with Crippen molar-refractivity contribution in [3.63, 3.8) is 0 Å². The van der Waals surface area contributed by atoms with Crippen LogP contribution in [0.3, 0.4) is 0 Å². The number of rotatable bonds is 5. The van der Waals surface area contributed by atoms with Crippen LogP contribution in [0.25, 0.3) is 0 Å². The minimum absolute atomic E-state index is 0.0846. The SMILES string of the molecule is COCCOC(=O)C1=C(C)N=C2SCCC(=O)N2[C@@H]1c1cccc(F)c1. The highest BCUT2D eigenvalue weighted by atomic mass is 32.2. The van der Waals surface area contributed by atoms with Gasteiger partial charge in [-0.1, -0.05) is 23.9 Å². The zero-order valence-electron chi connectivity index (χ0n) is 14.5. The number of ether oxygens (including phenoxy) is 2. The molecule has 8 heteroatoms. The van der Waals surface area contributed by atoms with Crippen LogP contribution < -0.4 is 0 Å². The number of hydrogen-bond donors (Lipinski definition) is 0. The van der Waals surface area contributed by atoms with E-state index in [2.05, 4.69) is 4.99 Å². The van der Waals surface area contributed by atoms with Crippen molar-refractivity contribution in [2.75, 3.05) is 26.1 Å². The molecule has 1 aromatic carbocycles. The Morgan fingerprint density at radius 2 is 2.23 bits per heavy atom. The molecule has 3 rings (SSSR count). The highest BCUT2D eigenvalue weighted by molar-refractivity contribution is 8.14. The number of allylic oxidation sites excluding steroid dienone is 1. The average molecular weight is 378 g/mol. The number of thioether (sulfide) groups is 1. The number of amides is 1. The Balaban J connectivity index is 2.05. The van der Waals surface area contributed by atoms with Gasteiger partial charge in [0.25, 0.3) is 0 Å². The molecule has 0 bridgehead atoms. The van der Waals surface area contributed by atoms with Gasteiger partial charge in [0.05, 0.1) is 23.9 Å². The normalized spacial score (nSPS) is 20.0. The van der Waals surface area contributed by atoms with Crippen LogP contribution in [0.15, 0.2) is 40.5 Å². The molecule has 2 heterocycles. The van der Waals surface area contributed by atoms with E-state index in [0.717, 1.165) is 0 Å². The molecular formula is C18H19FN2O4S. The lowest BCUT2D eigenvalue weighted by Gasteiger charge is -2.38. The van der Waals surface area contributed by atoms with E-state index >= 15 is 0 Å². The molecule has 1 aromatic rings. The first-order valence-electron chi connectivity index (χ1n) is 8.18. The first-order valence-corrected chi connectivity index (χ1v) is 9.17. The van der Waals surface area contributed by atoms with Crippen molar-refractivity contribution in [2.24, 2.45) is 4.99 Å². The summed E-state index contributed by atoms with van der Waals surface area (Å²) in [5.41, 5.74) is 1.22. The molecule has 0 spiro atoms. The first-order chi connectivity index (χ1) is 12.5. The van der Waals surface area contributed by atoms with Gasteiger partial charge in [-0.15, -0.1) is 0 Å². The number of aliphatic imine (C=N–C) groups is 1. The number of amidine groups is 1. The molecule has 0 unspecified atom stereocenters. The summed E-state index contributed by atoms with van der Waals surface area (Å²) in [6.07, 6.45) is 0.334. The molecule has 1 amide bonds. The van der Waals surface area contributed by atoms with Crippen molar-refractivity contribution in [3.05, 3.63) is 46.9 Å². The maximum Gasteiger partial charge on any atom is 0.338 e. The minimum atomic E-state index is -0.756. The largest absolute Gasteiger partial charge is 0.460 e. The molecule has 1 saturated heterocycles. The van der Waals surface area contributed by atoms with Gasteiger partial charge in [-0.2, -0.15) is 0 Å². The fraction of sp³-hybridized carbons (Fsp3) is 0.389. The first kappa shape index (κ1) is 18.6. The second kappa shape index (κ2) is 8.01. The minimum Gasteiger partial charge on any atom is -0.460 e. The molecule has 0 aliphatic carbocycles. The summed E-state index contributed by atoms with van der Waals surface area (Å²) in [4.78, 5) is 31.2. The molecule has 26 heavy (non-hydrogen) atoms. The van der Waals surface area contributed by atoms with Gasteiger partial charge in [-0.05, 0) is 24.6 Å².